The molecule has 3 aromatic rings. The number of thiazole rings is 2. The van der Waals surface area contributed by atoms with Gasteiger partial charge >= 0.3 is 11.9 Å². The van der Waals surface area contributed by atoms with E-state index in [0.717, 1.165) is 59.5 Å². The van der Waals surface area contributed by atoms with Crippen LogP contribution in [0.25, 0.3) is 11.0 Å². The largest absolute Gasteiger partial charge is 0.480 e. The fourth-order valence-corrected chi connectivity index (χ4v) is 9.60. The number of hydrogen-bond acceptors (Lipinski definition) is 12. The first-order valence-corrected chi connectivity index (χ1v) is 17.0. The molecule has 5 rings (SSSR count). The normalized spacial score (nSPS) is 17.9. The van der Waals surface area contributed by atoms with E-state index in [0.29, 0.717) is 12.1 Å². The van der Waals surface area contributed by atoms with Gasteiger partial charge in [0.2, 0.25) is 0 Å². The minimum absolute atomic E-state index is 0.0388. The molecule has 4 heterocycles. The number of anilines is 1. The third-order valence-electron chi connectivity index (χ3n) is 6.76. The lowest BCUT2D eigenvalue weighted by Crippen LogP contribution is -2.34. The number of thiocarbonyl (C=S) groups is 1. The molecule has 0 bridgehead atoms. The van der Waals surface area contributed by atoms with Gasteiger partial charge in [0.25, 0.3) is 17.0 Å². The number of hydrogen-bond donors (Lipinski definition) is 2. The minimum atomic E-state index is -1.28. The molecule has 0 aliphatic carbocycles. The Balaban J connectivity index is 1.72. The Morgan fingerprint density at radius 1 is 0.867 bits per heavy atom. The first-order valence-electron chi connectivity index (χ1n) is 13.3. The summed E-state index contributed by atoms with van der Waals surface area (Å²) in [6, 6.07) is 5.45. The van der Waals surface area contributed by atoms with E-state index in [-0.39, 0.29) is 39.9 Å². The molecular formula is C28H24N4O8S5. The number of aliphatic carboxylic acids is 2. The number of aromatic nitrogens is 2. The van der Waals surface area contributed by atoms with Gasteiger partial charge in [0, 0.05) is 23.5 Å². The summed E-state index contributed by atoms with van der Waals surface area (Å²) >= 11 is 9.44. The second-order valence-corrected chi connectivity index (χ2v) is 14.3. The number of carboxylic acids is 2. The van der Waals surface area contributed by atoms with Crippen molar-refractivity contribution in [2.24, 2.45) is 0 Å². The topological polar surface area (TPSA) is 159 Å². The Hall–Kier alpha value is -3.77. The number of nitrogens with zero attached hydrogens (tertiary/aromatic N) is 4. The van der Waals surface area contributed by atoms with Gasteiger partial charge in [-0.25, -0.2) is 0 Å². The fraction of sp³-hybridized carbons (Fsp3) is 0.250. The van der Waals surface area contributed by atoms with E-state index >= 15 is 0 Å². The van der Waals surface area contributed by atoms with Crippen molar-refractivity contribution < 1.29 is 29.4 Å². The van der Waals surface area contributed by atoms with Gasteiger partial charge in [0.05, 0.1) is 15.2 Å². The maximum absolute atomic E-state index is 13.6. The Morgan fingerprint density at radius 2 is 1.58 bits per heavy atom. The number of carbonyl (C=O) groups excluding carboxylic acids is 2. The predicted octanol–water partition coefficient (Wildman–Crippen LogP) is 2.03. The number of ketones is 1. The molecule has 17 heteroatoms. The van der Waals surface area contributed by atoms with Crippen molar-refractivity contribution in [3.05, 3.63) is 74.0 Å². The molecule has 2 N–H and O–H groups in total. The third-order valence-corrected chi connectivity index (χ3v) is 11.9. The van der Waals surface area contributed by atoms with Crippen LogP contribution in [0.4, 0.5) is 5.69 Å². The molecule has 2 aliphatic heterocycles. The van der Waals surface area contributed by atoms with Crippen LogP contribution in [-0.4, -0.2) is 65.3 Å². The molecule has 1 fully saturated rings. The van der Waals surface area contributed by atoms with Crippen LogP contribution in [0.3, 0.4) is 0 Å². The number of benzene rings is 1. The molecule has 0 spiro atoms. The van der Waals surface area contributed by atoms with Gasteiger partial charge in [0.15, 0.2) is 5.78 Å². The SMILES string of the molecule is CCN1C(=CC=c2s/c(=c3\s/c(=C4\SC(=S)N(CC(=O)O)C4=O)n(CC)c3=O)n(CC(=O)O)c2=O)Sc2ccc(C(C)=O)cc21. The van der Waals surface area contributed by atoms with Gasteiger partial charge in [0.1, 0.15) is 36.2 Å². The number of amides is 1. The Morgan fingerprint density at radius 3 is 2.20 bits per heavy atom. The lowest BCUT2D eigenvalue weighted by molar-refractivity contribution is -0.140. The smallest absolute Gasteiger partial charge is 0.323 e. The summed E-state index contributed by atoms with van der Waals surface area (Å²) in [6.07, 6.45) is 3.33. The van der Waals surface area contributed by atoms with Crippen LogP contribution in [-0.2, 0) is 27.5 Å². The highest BCUT2D eigenvalue weighted by molar-refractivity contribution is 8.30. The van der Waals surface area contributed by atoms with Crippen molar-refractivity contribution in [3.8, 4) is 0 Å². The number of fused-ring (bicyclic) bond motifs is 1. The van der Waals surface area contributed by atoms with Crippen molar-refractivity contribution in [3.63, 3.8) is 0 Å². The van der Waals surface area contributed by atoms with Crippen LogP contribution in [0.1, 0.15) is 31.1 Å². The molecular weight excluding hydrogens is 681 g/mol. The third kappa shape index (κ3) is 6.09. The van der Waals surface area contributed by atoms with Crippen LogP contribution >= 0.6 is 58.4 Å². The number of allylic oxidation sites excluding steroid dienone is 1. The molecule has 1 amide bonds. The van der Waals surface area contributed by atoms with E-state index in [9.17, 15) is 39.0 Å². The molecule has 0 atom stereocenters. The summed E-state index contributed by atoms with van der Waals surface area (Å²) in [5.41, 5.74) is 0.334. The average Bonchev–Trinajstić information content (AvgIpc) is 3.68. The Kier molecular flexibility index (Phi) is 9.36. The average molecular weight is 705 g/mol. The van der Waals surface area contributed by atoms with Gasteiger partial charge in [-0.1, -0.05) is 41.8 Å². The molecule has 2 aromatic heterocycles. The van der Waals surface area contributed by atoms with Crippen molar-refractivity contribution in [1.82, 2.24) is 14.0 Å². The minimum Gasteiger partial charge on any atom is -0.480 e. The molecule has 2 aliphatic rings. The molecule has 12 nitrogen and oxygen atoms in total. The number of carbonyl (C=O) groups is 4. The Bertz CT molecular complexity index is 2190. The summed E-state index contributed by atoms with van der Waals surface area (Å²) < 4.78 is 3.02. The lowest BCUT2D eigenvalue weighted by atomic mass is 10.1. The van der Waals surface area contributed by atoms with Crippen molar-refractivity contribution in [1.29, 1.82) is 0 Å². The van der Waals surface area contributed by atoms with Crippen LogP contribution in [0.15, 0.2) is 43.8 Å². The number of thioether (sulfide) groups is 2. The lowest BCUT2D eigenvalue weighted by Gasteiger charge is -2.18. The van der Waals surface area contributed by atoms with Crippen molar-refractivity contribution >= 4 is 103 Å². The van der Waals surface area contributed by atoms with Gasteiger partial charge < -0.3 is 15.1 Å². The summed E-state index contributed by atoms with van der Waals surface area (Å²) in [5.74, 6) is -3.23. The zero-order valence-corrected chi connectivity index (χ0v) is 28.0. The summed E-state index contributed by atoms with van der Waals surface area (Å²) in [6.45, 7) is 4.58. The number of rotatable bonds is 8. The van der Waals surface area contributed by atoms with Gasteiger partial charge in [-0.3, -0.25) is 42.8 Å². The van der Waals surface area contributed by atoms with Crippen LogP contribution < -0.4 is 25.2 Å². The molecule has 234 valence electrons. The first kappa shape index (κ1) is 32.6. The highest BCUT2D eigenvalue weighted by Gasteiger charge is 2.35. The monoisotopic (exact) mass is 704 g/mol. The zero-order chi connectivity index (χ0) is 32.7. The summed E-state index contributed by atoms with van der Waals surface area (Å²) in [4.78, 5) is 79.1. The zero-order valence-electron chi connectivity index (χ0n) is 23.9. The highest BCUT2D eigenvalue weighted by atomic mass is 32.2. The molecule has 0 radical (unpaired) electrons. The fourth-order valence-electron chi connectivity index (χ4n) is 4.70. The van der Waals surface area contributed by atoms with Crippen molar-refractivity contribution in [2.75, 3.05) is 18.0 Å². The summed E-state index contributed by atoms with van der Waals surface area (Å²) in [7, 11) is 0. The maximum Gasteiger partial charge on any atom is 0.323 e. The summed E-state index contributed by atoms with van der Waals surface area (Å²) in [5, 5.41) is 19.6. The predicted molar refractivity (Wildman–Crippen MR) is 178 cm³/mol. The molecule has 0 saturated carbocycles. The molecule has 1 aromatic carbocycles. The van der Waals surface area contributed by atoms with Gasteiger partial charge in [-0.15, -0.1) is 22.7 Å². The van der Waals surface area contributed by atoms with E-state index < -0.39 is 42.1 Å². The van der Waals surface area contributed by atoms with Crippen molar-refractivity contribution in [2.45, 2.75) is 38.8 Å². The van der Waals surface area contributed by atoms with Crippen LogP contribution in [0, 0.1) is 9.20 Å². The second kappa shape index (κ2) is 12.9. The number of Topliss-reactive ketones (excluding diaryl/α,β-unsaturated/α-hetero) is 1. The van der Waals surface area contributed by atoms with Crippen LogP contribution in [0.2, 0.25) is 0 Å². The molecule has 0 unspecified atom stereocenters. The van der Waals surface area contributed by atoms with E-state index in [1.807, 2.05) is 24.0 Å². The van der Waals surface area contributed by atoms with E-state index in [4.69, 9.17) is 12.2 Å². The van der Waals surface area contributed by atoms with E-state index in [1.165, 1.54) is 23.3 Å². The molecule has 1 saturated heterocycles. The first-order chi connectivity index (χ1) is 21.4. The standard InChI is InChI=1S/C28H24N4O8S5/c1-4-29-15-10-14(13(3)33)6-7-16(15)42-18(29)9-8-17-23(38)31(11-19(34)35)27(43-17)21-24(39)30(5-2)26(44-21)22-25(40)32(12-20(36)37)28(41)45-22/h6-10H,4-5,11-12H2,1-3H3,(H,34,35)(H,36,37)/b17-8?,18-9?,26-22-,27-21-. The van der Waals surface area contributed by atoms with E-state index in [2.05, 4.69) is 0 Å². The number of carboxylic acid groups (broad SMARTS) is 2. The van der Waals surface area contributed by atoms with E-state index in [1.54, 1.807) is 25.1 Å². The van der Waals surface area contributed by atoms with Gasteiger partial charge in [-0.2, -0.15) is 0 Å². The maximum atomic E-state index is 13.6. The van der Waals surface area contributed by atoms with Crippen LogP contribution in [0.5, 0.6) is 0 Å². The second-order valence-electron chi connectivity index (χ2n) is 9.58. The quantitative estimate of drug-likeness (QED) is 0.260. The molecule has 45 heavy (non-hydrogen) atoms. The Labute approximate surface area is 275 Å². The van der Waals surface area contributed by atoms with Gasteiger partial charge in [-0.05, 0) is 45.1 Å². The highest BCUT2D eigenvalue weighted by Crippen LogP contribution is 2.46.